The van der Waals surface area contributed by atoms with Crippen LogP contribution in [0.2, 0.25) is 0 Å². The molecule has 1 amide bonds. The van der Waals surface area contributed by atoms with Crippen molar-refractivity contribution in [1.82, 2.24) is 4.90 Å². The van der Waals surface area contributed by atoms with Crippen molar-refractivity contribution >= 4 is 23.1 Å². The van der Waals surface area contributed by atoms with Gasteiger partial charge in [0, 0.05) is 19.0 Å². The Morgan fingerprint density at radius 2 is 1.81 bits per heavy atom. The second-order valence-electron chi connectivity index (χ2n) is 5.01. The number of carbonyl (C=O) groups excluding carboxylic acids is 1. The maximum atomic E-state index is 12.9. The monoisotopic (exact) mass is 316 g/mol. The van der Waals surface area contributed by atoms with E-state index < -0.39 is 17.6 Å². The highest BCUT2D eigenvalue weighted by Crippen LogP contribution is 2.32. The number of carbonyl (C=O) groups is 1. The van der Waals surface area contributed by atoms with Gasteiger partial charge in [0.25, 0.3) is 5.91 Å². The summed E-state index contributed by atoms with van der Waals surface area (Å²) in [5.74, 6) is -0.536. The molecular formula is C14H15F3N2OS. The first-order valence-electron chi connectivity index (χ1n) is 6.55. The zero-order valence-corrected chi connectivity index (χ0v) is 12.0. The van der Waals surface area contributed by atoms with Gasteiger partial charge in [0.1, 0.15) is 0 Å². The maximum absolute atomic E-state index is 12.9. The molecule has 3 nitrogen and oxygen atoms in total. The van der Waals surface area contributed by atoms with Gasteiger partial charge in [-0.3, -0.25) is 4.79 Å². The van der Waals surface area contributed by atoms with Gasteiger partial charge in [-0.1, -0.05) is 24.4 Å². The number of alkyl halides is 3. The summed E-state index contributed by atoms with van der Waals surface area (Å²) < 4.78 is 38.8. The Morgan fingerprint density at radius 3 is 2.33 bits per heavy atom. The third-order valence-electron chi connectivity index (χ3n) is 3.65. The molecule has 1 aromatic carbocycles. The van der Waals surface area contributed by atoms with Crippen LogP contribution in [0.1, 0.15) is 28.8 Å². The van der Waals surface area contributed by atoms with E-state index in [9.17, 15) is 18.0 Å². The van der Waals surface area contributed by atoms with Gasteiger partial charge in [0.05, 0.1) is 16.1 Å². The Morgan fingerprint density at radius 1 is 1.24 bits per heavy atom. The van der Waals surface area contributed by atoms with Crippen molar-refractivity contribution in [1.29, 1.82) is 0 Å². The molecule has 114 valence electrons. The molecule has 0 radical (unpaired) electrons. The van der Waals surface area contributed by atoms with E-state index >= 15 is 0 Å². The molecule has 2 rings (SSSR count). The van der Waals surface area contributed by atoms with Crippen molar-refractivity contribution in [3.8, 4) is 0 Å². The zero-order chi connectivity index (χ0) is 15.6. The van der Waals surface area contributed by atoms with E-state index in [1.807, 2.05) is 0 Å². The second-order valence-corrected chi connectivity index (χ2v) is 5.48. The fourth-order valence-electron chi connectivity index (χ4n) is 2.45. The SMILES string of the molecule is NC(=S)C1CCN(C(=O)c2ccccc2C(F)(F)F)CC1. The van der Waals surface area contributed by atoms with E-state index in [0.29, 0.717) is 30.9 Å². The Hall–Kier alpha value is -1.63. The van der Waals surface area contributed by atoms with Crippen LogP contribution in [0.5, 0.6) is 0 Å². The number of rotatable bonds is 2. The first kappa shape index (κ1) is 15.8. The number of thiocarbonyl (C=S) groups is 1. The molecule has 1 aliphatic heterocycles. The first-order chi connectivity index (χ1) is 9.80. The predicted octanol–water partition coefficient (Wildman–Crippen LogP) is 2.84. The number of nitrogens with two attached hydrogens (primary N) is 1. The molecule has 0 spiro atoms. The van der Waals surface area contributed by atoms with E-state index in [-0.39, 0.29) is 11.5 Å². The number of halogens is 3. The van der Waals surface area contributed by atoms with Crippen LogP contribution in [0.25, 0.3) is 0 Å². The normalized spacial score (nSPS) is 16.8. The summed E-state index contributed by atoms with van der Waals surface area (Å²) in [4.78, 5) is 14.1. The molecule has 1 fully saturated rings. The number of nitrogens with zero attached hydrogens (tertiary/aromatic N) is 1. The van der Waals surface area contributed by atoms with Crippen LogP contribution in [-0.2, 0) is 6.18 Å². The van der Waals surface area contributed by atoms with Crippen LogP contribution in [0.3, 0.4) is 0 Å². The number of hydrogen-bond acceptors (Lipinski definition) is 2. The van der Waals surface area contributed by atoms with E-state index in [0.717, 1.165) is 6.07 Å². The molecular weight excluding hydrogens is 301 g/mol. The molecule has 1 aromatic rings. The van der Waals surface area contributed by atoms with Crippen LogP contribution in [0, 0.1) is 5.92 Å². The standard InChI is InChI=1S/C14H15F3N2OS/c15-14(16,17)11-4-2-1-3-10(11)13(20)19-7-5-9(6-8-19)12(18)21/h1-4,9H,5-8H2,(H2,18,21). The summed E-state index contributed by atoms with van der Waals surface area (Å²) in [6.45, 7) is 0.736. The minimum absolute atomic E-state index is 0.0573. The van der Waals surface area contributed by atoms with Gasteiger partial charge < -0.3 is 10.6 Å². The molecule has 0 aromatic heterocycles. The van der Waals surface area contributed by atoms with Crippen molar-refractivity contribution in [2.45, 2.75) is 19.0 Å². The number of benzene rings is 1. The van der Waals surface area contributed by atoms with Crippen LogP contribution in [-0.4, -0.2) is 28.9 Å². The van der Waals surface area contributed by atoms with Crippen molar-refractivity contribution < 1.29 is 18.0 Å². The fraction of sp³-hybridized carbons (Fsp3) is 0.429. The van der Waals surface area contributed by atoms with E-state index in [4.69, 9.17) is 18.0 Å². The third-order valence-corrected chi connectivity index (χ3v) is 3.98. The fourth-order valence-corrected chi connectivity index (χ4v) is 2.69. The predicted molar refractivity (Wildman–Crippen MR) is 76.9 cm³/mol. The highest BCUT2D eigenvalue weighted by Gasteiger charge is 2.36. The van der Waals surface area contributed by atoms with E-state index in [1.165, 1.54) is 23.1 Å². The average molecular weight is 316 g/mol. The molecule has 2 N–H and O–H groups in total. The van der Waals surface area contributed by atoms with Crippen molar-refractivity contribution in [3.63, 3.8) is 0 Å². The van der Waals surface area contributed by atoms with Crippen molar-refractivity contribution in [3.05, 3.63) is 35.4 Å². The highest BCUT2D eigenvalue weighted by molar-refractivity contribution is 7.80. The second kappa shape index (κ2) is 6.01. The van der Waals surface area contributed by atoms with Gasteiger partial charge in [-0.15, -0.1) is 0 Å². The van der Waals surface area contributed by atoms with Gasteiger partial charge in [0.2, 0.25) is 0 Å². The molecule has 1 saturated heterocycles. The summed E-state index contributed by atoms with van der Waals surface area (Å²) in [6, 6.07) is 4.85. The molecule has 0 aliphatic carbocycles. The lowest BCUT2D eigenvalue weighted by Crippen LogP contribution is -2.41. The van der Waals surface area contributed by atoms with Gasteiger partial charge in [0.15, 0.2) is 0 Å². The minimum atomic E-state index is -4.54. The summed E-state index contributed by atoms with van der Waals surface area (Å²) in [5, 5.41) is 0. The van der Waals surface area contributed by atoms with Gasteiger partial charge in [-0.05, 0) is 25.0 Å². The van der Waals surface area contributed by atoms with Crippen LogP contribution in [0.15, 0.2) is 24.3 Å². The highest BCUT2D eigenvalue weighted by atomic mass is 32.1. The molecule has 7 heteroatoms. The smallest absolute Gasteiger partial charge is 0.393 e. The average Bonchev–Trinajstić information content (AvgIpc) is 2.45. The van der Waals surface area contributed by atoms with Crippen LogP contribution < -0.4 is 5.73 Å². The lowest BCUT2D eigenvalue weighted by atomic mass is 9.96. The molecule has 21 heavy (non-hydrogen) atoms. The summed E-state index contributed by atoms with van der Waals surface area (Å²) >= 11 is 4.91. The van der Waals surface area contributed by atoms with Gasteiger partial charge in [-0.25, -0.2) is 0 Å². The van der Waals surface area contributed by atoms with Crippen LogP contribution in [0.4, 0.5) is 13.2 Å². The lowest BCUT2D eigenvalue weighted by molar-refractivity contribution is -0.138. The van der Waals surface area contributed by atoms with E-state index in [2.05, 4.69) is 0 Å². The van der Waals surface area contributed by atoms with Crippen LogP contribution >= 0.6 is 12.2 Å². The van der Waals surface area contributed by atoms with E-state index in [1.54, 1.807) is 0 Å². The quantitative estimate of drug-likeness (QED) is 0.854. The summed E-state index contributed by atoms with van der Waals surface area (Å²) in [6.07, 6.45) is -3.35. The summed E-state index contributed by atoms with van der Waals surface area (Å²) in [7, 11) is 0. The molecule has 1 aliphatic rings. The number of hydrogen-bond donors (Lipinski definition) is 1. The van der Waals surface area contributed by atoms with Gasteiger partial charge in [-0.2, -0.15) is 13.2 Å². The molecule has 0 unspecified atom stereocenters. The summed E-state index contributed by atoms with van der Waals surface area (Å²) in [5.41, 5.74) is 4.36. The maximum Gasteiger partial charge on any atom is 0.417 e. The Labute approximate surface area is 125 Å². The topological polar surface area (TPSA) is 46.3 Å². The van der Waals surface area contributed by atoms with Crippen molar-refractivity contribution in [2.24, 2.45) is 11.7 Å². The van der Waals surface area contributed by atoms with Gasteiger partial charge >= 0.3 is 6.18 Å². The molecule has 1 heterocycles. The largest absolute Gasteiger partial charge is 0.417 e. The zero-order valence-electron chi connectivity index (χ0n) is 11.2. The Bertz CT molecular complexity index is 551. The third kappa shape index (κ3) is 3.53. The number of piperidine rings is 1. The molecule has 0 saturated carbocycles. The Balaban J connectivity index is 2.17. The molecule has 0 bridgehead atoms. The first-order valence-corrected chi connectivity index (χ1v) is 6.96. The van der Waals surface area contributed by atoms with Crippen molar-refractivity contribution in [2.75, 3.05) is 13.1 Å². The minimum Gasteiger partial charge on any atom is -0.393 e. The Kier molecular flexibility index (Phi) is 4.51. The number of likely N-dealkylation sites (tertiary alicyclic amines) is 1. The molecule has 0 atom stereocenters. The number of amides is 1. The lowest BCUT2D eigenvalue weighted by Gasteiger charge is -2.32.